The van der Waals surface area contributed by atoms with Crippen molar-refractivity contribution in [2.45, 2.75) is 26.3 Å². The Morgan fingerprint density at radius 2 is 1.93 bits per heavy atom. The van der Waals surface area contributed by atoms with Gasteiger partial charge in [0, 0.05) is 6.08 Å². The number of benzene rings is 1. The molecule has 1 aromatic rings. The minimum absolute atomic E-state index is 0.123. The Kier molecular flexibility index (Phi) is 8.52. The summed E-state index contributed by atoms with van der Waals surface area (Å²) in [6.07, 6.45) is 3.36. The quantitative estimate of drug-likeness (QED) is 0.474. The molecule has 0 aromatic heterocycles. The van der Waals surface area contributed by atoms with E-state index in [0.717, 1.165) is 0 Å². The van der Waals surface area contributed by atoms with Crippen LogP contribution in [0.4, 0.5) is 0 Å². The van der Waals surface area contributed by atoms with Crippen molar-refractivity contribution in [1.29, 1.82) is 0 Å². The van der Waals surface area contributed by atoms with Crippen molar-refractivity contribution < 1.29 is 38.1 Å². The highest BCUT2D eigenvalue weighted by atomic mass is 16.6. The third kappa shape index (κ3) is 6.13. The van der Waals surface area contributed by atoms with Gasteiger partial charge in [0.15, 0.2) is 18.1 Å². The van der Waals surface area contributed by atoms with Gasteiger partial charge in [-0.05, 0) is 29.7 Å². The molecular formula is C21H27NO8. The Morgan fingerprint density at radius 1 is 1.20 bits per heavy atom. The van der Waals surface area contributed by atoms with Gasteiger partial charge in [0.25, 0.3) is 5.91 Å². The summed E-state index contributed by atoms with van der Waals surface area (Å²) in [4.78, 5) is 35.8. The van der Waals surface area contributed by atoms with Crippen LogP contribution in [0.25, 0.3) is 6.08 Å². The van der Waals surface area contributed by atoms with Gasteiger partial charge in [0.1, 0.15) is 19.3 Å². The number of nitrogens with one attached hydrogen (secondary N) is 1. The number of fused-ring (bicyclic) bond motifs is 1. The van der Waals surface area contributed by atoms with Gasteiger partial charge >= 0.3 is 11.9 Å². The number of ether oxygens (including phenoxy) is 5. The van der Waals surface area contributed by atoms with E-state index in [1.54, 1.807) is 12.1 Å². The van der Waals surface area contributed by atoms with Crippen molar-refractivity contribution >= 4 is 23.9 Å². The summed E-state index contributed by atoms with van der Waals surface area (Å²) < 4.78 is 26.0. The highest BCUT2D eigenvalue weighted by Crippen LogP contribution is 2.40. The minimum atomic E-state index is -0.799. The molecule has 0 saturated heterocycles. The maximum atomic E-state index is 12.0. The van der Waals surface area contributed by atoms with Crippen molar-refractivity contribution in [3.8, 4) is 17.2 Å². The fourth-order valence-electron chi connectivity index (χ4n) is 2.75. The van der Waals surface area contributed by atoms with Gasteiger partial charge in [0.2, 0.25) is 5.75 Å². The lowest BCUT2D eigenvalue weighted by Gasteiger charge is -2.21. The number of carbonyl (C=O) groups is 3. The molecule has 2 atom stereocenters. The maximum Gasteiger partial charge on any atom is 0.331 e. The van der Waals surface area contributed by atoms with Crippen molar-refractivity contribution in [1.82, 2.24) is 5.32 Å². The summed E-state index contributed by atoms with van der Waals surface area (Å²) in [6.45, 7) is 4.05. The zero-order valence-corrected chi connectivity index (χ0v) is 17.6. The van der Waals surface area contributed by atoms with E-state index in [0.29, 0.717) is 42.4 Å². The normalized spacial score (nSPS) is 14.5. The molecule has 1 amide bonds. The molecule has 9 nitrogen and oxygen atoms in total. The summed E-state index contributed by atoms with van der Waals surface area (Å²) in [5.74, 6) is -0.448. The van der Waals surface area contributed by atoms with Crippen LogP contribution in [0.1, 0.15) is 25.8 Å². The van der Waals surface area contributed by atoms with Crippen LogP contribution in [0.15, 0.2) is 18.2 Å². The molecule has 1 aromatic carbocycles. The lowest BCUT2D eigenvalue weighted by atomic mass is 9.99. The molecule has 0 fully saturated rings. The molecule has 0 aliphatic carbocycles. The molecule has 0 radical (unpaired) electrons. The number of hydrogen-bond donors (Lipinski definition) is 1. The third-order valence-corrected chi connectivity index (χ3v) is 4.59. The largest absolute Gasteiger partial charge is 0.493 e. The molecule has 0 saturated carbocycles. The predicted molar refractivity (Wildman–Crippen MR) is 107 cm³/mol. The summed E-state index contributed by atoms with van der Waals surface area (Å²) in [6, 6.07) is 2.60. The average molecular weight is 421 g/mol. The second-order valence-corrected chi connectivity index (χ2v) is 6.64. The Hall–Kier alpha value is -3.23. The van der Waals surface area contributed by atoms with Crippen molar-refractivity contribution in [2.75, 3.05) is 34.0 Å². The highest BCUT2D eigenvalue weighted by molar-refractivity contribution is 5.90. The Balaban J connectivity index is 1.93. The van der Waals surface area contributed by atoms with E-state index in [2.05, 4.69) is 5.32 Å². The first-order valence-corrected chi connectivity index (χ1v) is 9.59. The minimum Gasteiger partial charge on any atom is -0.493 e. The number of carbonyl (C=O) groups excluding carboxylic acids is 3. The summed E-state index contributed by atoms with van der Waals surface area (Å²) in [5.41, 5.74) is 0.639. The lowest BCUT2D eigenvalue weighted by molar-refractivity contribution is -0.148. The molecule has 1 N–H and O–H groups in total. The Morgan fingerprint density at radius 3 is 2.60 bits per heavy atom. The summed E-state index contributed by atoms with van der Waals surface area (Å²) >= 11 is 0. The molecule has 0 spiro atoms. The fourth-order valence-corrected chi connectivity index (χ4v) is 2.75. The lowest BCUT2D eigenvalue weighted by Crippen LogP contribution is -2.47. The zero-order valence-electron chi connectivity index (χ0n) is 17.6. The number of hydrogen-bond acceptors (Lipinski definition) is 8. The number of amides is 1. The first-order valence-electron chi connectivity index (χ1n) is 9.59. The molecule has 1 aliphatic heterocycles. The molecule has 0 unspecified atom stereocenters. The molecule has 9 heteroatoms. The second kappa shape index (κ2) is 11.1. The van der Waals surface area contributed by atoms with Gasteiger partial charge in [-0.2, -0.15) is 0 Å². The van der Waals surface area contributed by atoms with E-state index in [1.807, 2.05) is 13.8 Å². The van der Waals surface area contributed by atoms with E-state index in [9.17, 15) is 14.4 Å². The van der Waals surface area contributed by atoms with Crippen LogP contribution in [0.2, 0.25) is 0 Å². The van der Waals surface area contributed by atoms with Crippen LogP contribution in [0.5, 0.6) is 17.2 Å². The van der Waals surface area contributed by atoms with Crippen LogP contribution >= 0.6 is 0 Å². The zero-order chi connectivity index (χ0) is 22.1. The van der Waals surface area contributed by atoms with Gasteiger partial charge in [-0.25, -0.2) is 9.59 Å². The summed E-state index contributed by atoms with van der Waals surface area (Å²) in [5, 5.41) is 2.54. The number of esters is 2. The van der Waals surface area contributed by atoms with Gasteiger partial charge in [-0.3, -0.25) is 4.79 Å². The molecule has 30 heavy (non-hydrogen) atoms. The van der Waals surface area contributed by atoms with Crippen LogP contribution in [0, 0.1) is 5.92 Å². The Bertz CT molecular complexity index is 787. The summed E-state index contributed by atoms with van der Waals surface area (Å²) in [7, 11) is 2.76. The van der Waals surface area contributed by atoms with Gasteiger partial charge in [-0.15, -0.1) is 0 Å². The average Bonchev–Trinajstić information content (AvgIpc) is 2.78. The molecule has 164 valence electrons. The molecule has 1 aliphatic rings. The SMILES string of the molecule is CC[C@H](C)[C@H](NC(=O)COC(=O)/C=C/c1cc(OC)c2c(c1)OCCO2)C(=O)OC. The van der Waals surface area contributed by atoms with E-state index in [1.165, 1.54) is 26.4 Å². The van der Waals surface area contributed by atoms with Gasteiger partial charge in [-0.1, -0.05) is 20.3 Å². The van der Waals surface area contributed by atoms with Crippen LogP contribution in [0.3, 0.4) is 0 Å². The second-order valence-electron chi connectivity index (χ2n) is 6.64. The Labute approximate surface area is 175 Å². The van der Waals surface area contributed by atoms with Crippen LogP contribution < -0.4 is 19.5 Å². The van der Waals surface area contributed by atoms with Crippen molar-refractivity contribution in [3.05, 3.63) is 23.8 Å². The van der Waals surface area contributed by atoms with E-state index in [-0.39, 0.29) is 5.92 Å². The maximum absolute atomic E-state index is 12.0. The topological polar surface area (TPSA) is 109 Å². The monoisotopic (exact) mass is 421 g/mol. The van der Waals surface area contributed by atoms with Gasteiger partial charge < -0.3 is 29.0 Å². The van der Waals surface area contributed by atoms with Crippen molar-refractivity contribution in [2.24, 2.45) is 5.92 Å². The molecule has 0 bridgehead atoms. The predicted octanol–water partition coefficient (Wildman–Crippen LogP) is 1.73. The fraction of sp³-hybridized carbons (Fsp3) is 0.476. The highest BCUT2D eigenvalue weighted by Gasteiger charge is 2.26. The first kappa shape index (κ1) is 23.1. The molecule has 2 rings (SSSR count). The van der Waals surface area contributed by atoms with Crippen molar-refractivity contribution in [3.63, 3.8) is 0 Å². The molecule has 1 heterocycles. The van der Waals surface area contributed by atoms with E-state index in [4.69, 9.17) is 23.7 Å². The van der Waals surface area contributed by atoms with E-state index >= 15 is 0 Å². The third-order valence-electron chi connectivity index (χ3n) is 4.59. The standard InChI is InChI=1S/C21H27NO8/c1-5-13(2)19(21(25)27-4)22-17(23)12-30-18(24)7-6-14-10-15(26-3)20-16(11-14)28-8-9-29-20/h6-7,10-11,13,19H,5,8-9,12H2,1-4H3,(H,22,23)/b7-6+/t13-,19-/m0/s1. The van der Waals surface area contributed by atoms with Crippen LogP contribution in [-0.4, -0.2) is 57.9 Å². The van der Waals surface area contributed by atoms with Crippen LogP contribution in [-0.2, 0) is 23.9 Å². The number of methoxy groups -OCH3 is 2. The first-order chi connectivity index (χ1) is 14.4. The smallest absolute Gasteiger partial charge is 0.331 e. The molecular weight excluding hydrogens is 394 g/mol. The van der Waals surface area contributed by atoms with Gasteiger partial charge in [0.05, 0.1) is 14.2 Å². The van der Waals surface area contributed by atoms with E-state index < -0.39 is 30.5 Å². The number of rotatable bonds is 9.